The van der Waals surface area contributed by atoms with Crippen molar-refractivity contribution in [1.82, 2.24) is 14.5 Å². The molecule has 0 amide bonds. The first-order valence-electron chi connectivity index (χ1n) is 6.58. The van der Waals surface area contributed by atoms with Gasteiger partial charge in [0, 0.05) is 6.20 Å². The molecule has 1 aromatic carbocycles. The minimum atomic E-state index is 0.327. The largest absolute Gasteiger partial charge is 0.307 e. The molecule has 0 aliphatic carbocycles. The van der Waals surface area contributed by atoms with Crippen LogP contribution in [0.15, 0.2) is 36.5 Å². The van der Waals surface area contributed by atoms with Crippen molar-refractivity contribution in [1.29, 1.82) is 5.26 Å². The highest BCUT2D eigenvalue weighted by atomic mass is 35.5. The predicted octanol–water partition coefficient (Wildman–Crippen LogP) is 3.40. The molecule has 21 heavy (non-hydrogen) atoms. The van der Waals surface area contributed by atoms with Crippen LogP contribution in [0.25, 0.3) is 11.2 Å². The molecule has 2 heterocycles. The maximum atomic E-state index is 8.99. The fourth-order valence-electron chi connectivity index (χ4n) is 2.37. The summed E-state index contributed by atoms with van der Waals surface area (Å²) >= 11 is 6.02. The van der Waals surface area contributed by atoms with E-state index in [1.165, 1.54) is 0 Å². The van der Waals surface area contributed by atoms with E-state index in [4.69, 9.17) is 16.9 Å². The number of aromatic nitrogens is 3. The molecule has 0 aliphatic heterocycles. The van der Waals surface area contributed by atoms with Crippen LogP contribution < -0.4 is 0 Å². The number of fused-ring (bicyclic) bond motifs is 1. The molecule has 0 aliphatic rings. The van der Waals surface area contributed by atoms with Gasteiger partial charge in [-0.1, -0.05) is 12.1 Å². The van der Waals surface area contributed by atoms with Gasteiger partial charge in [-0.15, -0.1) is 11.6 Å². The molecule has 0 radical (unpaired) electrons. The number of alkyl halides is 1. The molecule has 4 nitrogen and oxygen atoms in total. The van der Waals surface area contributed by atoms with Crippen LogP contribution in [0.1, 0.15) is 22.5 Å². The maximum absolute atomic E-state index is 8.99. The Labute approximate surface area is 127 Å². The number of aryl methyl sites for hydroxylation is 1. The summed E-state index contributed by atoms with van der Waals surface area (Å²) in [5.41, 5.74) is 4.46. The van der Waals surface area contributed by atoms with E-state index in [1.807, 2.05) is 35.8 Å². The quantitative estimate of drug-likeness (QED) is 0.696. The highest BCUT2D eigenvalue weighted by Crippen LogP contribution is 2.20. The lowest BCUT2D eigenvalue weighted by Gasteiger charge is -2.07. The van der Waals surface area contributed by atoms with E-state index in [9.17, 15) is 0 Å². The molecule has 0 unspecified atom stereocenters. The summed E-state index contributed by atoms with van der Waals surface area (Å²) in [4.78, 5) is 9.00. The average molecular weight is 297 g/mol. The van der Waals surface area contributed by atoms with E-state index in [0.29, 0.717) is 18.0 Å². The van der Waals surface area contributed by atoms with Crippen LogP contribution in [-0.2, 0) is 12.4 Å². The van der Waals surface area contributed by atoms with E-state index in [-0.39, 0.29) is 0 Å². The molecule has 0 atom stereocenters. The van der Waals surface area contributed by atoms with Gasteiger partial charge in [0.05, 0.1) is 24.1 Å². The topological polar surface area (TPSA) is 54.5 Å². The monoisotopic (exact) mass is 296 g/mol. The van der Waals surface area contributed by atoms with Crippen LogP contribution in [0.5, 0.6) is 0 Å². The number of hydrogen-bond donors (Lipinski definition) is 0. The van der Waals surface area contributed by atoms with Crippen molar-refractivity contribution < 1.29 is 0 Å². The Balaban J connectivity index is 2.11. The number of hydrogen-bond acceptors (Lipinski definition) is 3. The number of imidazole rings is 1. The third-order valence-corrected chi connectivity index (χ3v) is 3.67. The fourth-order valence-corrected chi connectivity index (χ4v) is 2.58. The van der Waals surface area contributed by atoms with Crippen LogP contribution in [0.3, 0.4) is 0 Å². The Morgan fingerprint density at radius 3 is 2.95 bits per heavy atom. The summed E-state index contributed by atoms with van der Waals surface area (Å²) in [6.07, 6.45) is 1.78. The second-order valence-electron chi connectivity index (χ2n) is 4.86. The van der Waals surface area contributed by atoms with Gasteiger partial charge < -0.3 is 4.57 Å². The second-order valence-corrected chi connectivity index (χ2v) is 5.13. The lowest BCUT2D eigenvalue weighted by molar-refractivity contribution is 0.770. The van der Waals surface area contributed by atoms with Gasteiger partial charge in [-0.05, 0) is 36.2 Å². The van der Waals surface area contributed by atoms with Crippen molar-refractivity contribution in [2.45, 2.75) is 19.3 Å². The molecule has 0 spiro atoms. The van der Waals surface area contributed by atoms with Crippen LogP contribution in [0.2, 0.25) is 0 Å². The van der Waals surface area contributed by atoms with Gasteiger partial charge >= 0.3 is 0 Å². The zero-order valence-corrected chi connectivity index (χ0v) is 12.3. The Bertz CT molecular complexity index is 845. The minimum absolute atomic E-state index is 0.327. The normalized spacial score (nSPS) is 10.7. The van der Waals surface area contributed by atoms with Crippen molar-refractivity contribution in [3.05, 3.63) is 59.0 Å². The fraction of sp³-hybridized carbons (Fsp3) is 0.188. The molecule has 0 saturated carbocycles. The van der Waals surface area contributed by atoms with E-state index in [0.717, 1.165) is 28.1 Å². The summed E-state index contributed by atoms with van der Waals surface area (Å²) in [5, 5.41) is 8.99. The van der Waals surface area contributed by atoms with Gasteiger partial charge in [0.1, 0.15) is 11.3 Å². The van der Waals surface area contributed by atoms with Crippen molar-refractivity contribution in [2.24, 2.45) is 0 Å². The lowest BCUT2D eigenvalue weighted by Crippen LogP contribution is -2.05. The first kappa shape index (κ1) is 13.6. The van der Waals surface area contributed by atoms with Crippen molar-refractivity contribution in [3.63, 3.8) is 0 Å². The number of benzene rings is 1. The van der Waals surface area contributed by atoms with Gasteiger partial charge in [0.2, 0.25) is 0 Å². The molecule has 104 valence electrons. The van der Waals surface area contributed by atoms with Gasteiger partial charge in [-0.2, -0.15) is 5.26 Å². The summed E-state index contributed by atoms with van der Waals surface area (Å²) in [7, 11) is 0. The predicted molar refractivity (Wildman–Crippen MR) is 82.1 cm³/mol. The molecular weight excluding hydrogens is 284 g/mol. The number of rotatable bonds is 3. The second kappa shape index (κ2) is 5.55. The van der Waals surface area contributed by atoms with Crippen LogP contribution >= 0.6 is 11.6 Å². The molecule has 0 N–H and O–H groups in total. The first-order valence-corrected chi connectivity index (χ1v) is 7.12. The summed E-state index contributed by atoms with van der Waals surface area (Å²) < 4.78 is 2.01. The standard InChI is InChI=1S/C16H13ClN4/c1-11-5-6-19-16-15(11)20-14(8-17)21(16)10-13-4-2-3-12(7-13)9-18/h2-7H,8,10H2,1H3. The van der Waals surface area contributed by atoms with Gasteiger partial charge in [-0.3, -0.25) is 0 Å². The molecule has 3 aromatic rings. The SMILES string of the molecule is Cc1ccnc2c1nc(CCl)n2Cc1cccc(C#N)c1. The molecule has 3 rings (SSSR count). The Morgan fingerprint density at radius 2 is 2.19 bits per heavy atom. The van der Waals surface area contributed by atoms with E-state index < -0.39 is 0 Å². The molecule has 5 heteroatoms. The number of pyridine rings is 1. The van der Waals surface area contributed by atoms with Gasteiger partial charge in [0.15, 0.2) is 5.65 Å². The van der Waals surface area contributed by atoms with Crippen molar-refractivity contribution in [3.8, 4) is 6.07 Å². The Kier molecular flexibility index (Phi) is 3.59. The van der Waals surface area contributed by atoms with Gasteiger partial charge in [-0.25, -0.2) is 9.97 Å². The molecular formula is C16H13ClN4. The molecule has 0 bridgehead atoms. The number of nitrogens with zero attached hydrogens (tertiary/aromatic N) is 4. The third kappa shape index (κ3) is 2.48. The summed E-state index contributed by atoms with van der Waals surface area (Å²) in [6, 6.07) is 11.6. The number of halogens is 1. The Morgan fingerprint density at radius 1 is 1.33 bits per heavy atom. The molecule has 0 saturated heterocycles. The lowest BCUT2D eigenvalue weighted by atomic mass is 10.1. The smallest absolute Gasteiger partial charge is 0.160 e. The van der Waals surface area contributed by atoms with Crippen molar-refractivity contribution in [2.75, 3.05) is 0 Å². The highest BCUT2D eigenvalue weighted by Gasteiger charge is 2.13. The molecule has 0 fully saturated rings. The van der Waals surface area contributed by atoms with Crippen LogP contribution in [0.4, 0.5) is 0 Å². The van der Waals surface area contributed by atoms with Crippen molar-refractivity contribution >= 4 is 22.8 Å². The highest BCUT2D eigenvalue weighted by molar-refractivity contribution is 6.16. The third-order valence-electron chi connectivity index (χ3n) is 3.43. The van der Waals surface area contributed by atoms with E-state index in [2.05, 4.69) is 16.0 Å². The average Bonchev–Trinajstić information content (AvgIpc) is 2.87. The maximum Gasteiger partial charge on any atom is 0.160 e. The zero-order chi connectivity index (χ0) is 14.8. The Hall–Kier alpha value is -2.38. The first-order chi connectivity index (χ1) is 10.2. The minimum Gasteiger partial charge on any atom is -0.307 e. The van der Waals surface area contributed by atoms with Gasteiger partial charge in [0.25, 0.3) is 0 Å². The summed E-state index contributed by atoms with van der Waals surface area (Å²) in [5.74, 6) is 1.11. The van der Waals surface area contributed by atoms with Crippen LogP contribution in [0, 0.1) is 18.3 Å². The number of nitriles is 1. The zero-order valence-electron chi connectivity index (χ0n) is 11.5. The molecule has 2 aromatic heterocycles. The van der Waals surface area contributed by atoms with E-state index >= 15 is 0 Å². The summed E-state index contributed by atoms with van der Waals surface area (Å²) in [6.45, 7) is 2.61. The van der Waals surface area contributed by atoms with E-state index in [1.54, 1.807) is 12.3 Å². The van der Waals surface area contributed by atoms with Crippen LogP contribution in [-0.4, -0.2) is 14.5 Å².